The molecule has 0 aromatic carbocycles. The summed E-state index contributed by atoms with van der Waals surface area (Å²) in [5.74, 6) is 0.112. The largest absolute Gasteiger partial charge is 0.495 e. The Morgan fingerprint density at radius 2 is 2.08 bits per heavy atom. The normalized spacial score (nSPS) is 41.8. The number of allylic oxidation sites excluding steroid dienone is 2. The molecule has 72 valence electrons. The lowest BCUT2D eigenvalue weighted by atomic mass is 9.94. The van der Waals surface area contributed by atoms with Crippen molar-refractivity contribution in [2.24, 2.45) is 0 Å². The summed E-state index contributed by atoms with van der Waals surface area (Å²) in [7, 11) is 3.28. The highest BCUT2D eigenvalue weighted by molar-refractivity contribution is 5.43. The van der Waals surface area contributed by atoms with E-state index < -0.39 is 5.79 Å². The van der Waals surface area contributed by atoms with Gasteiger partial charge in [0.05, 0.1) is 7.11 Å². The Bertz CT molecular complexity index is 305. The Morgan fingerprint density at radius 3 is 2.54 bits per heavy atom. The highest BCUT2D eigenvalue weighted by Crippen LogP contribution is 2.57. The third kappa shape index (κ3) is 0.860. The van der Waals surface area contributed by atoms with Crippen LogP contribution in [-0.2, 0) is 14.2 Å². The van der Waals surface area contributed by atoms with Crippen LogP contribution in [0.15, 0.2) is 23.5 Å². The maximum atomic E-state index is 5.58. The van der Waals surface area contributed by atoms with Crippen LogP contribution in [0.3, 0.4) is 0 Å². The molecule has 1 aliphatic carbocycles. The van der Waals surface area contributed by atoms with Gasteiger partial charge in [0.15, 0.2) is 5.76 Å². The van der Waals surface area contributed by atoms with Crippen molar-refractivity contribution >= 4 is 0 Å². The van der Waals surface area contributed by atoms with E-state index in [0.29, 0.717) is 0 Å². The molecule has 0 aromatic heterocycles. The van der Waals surface area contributed by atoms with E-state index >= 15 is 0 Å². The zero-order valence-electron chi connectivity index (χ0n) is 8.38. The molecule has 0 amide bonds. The fraction of sp³-hybridized carbons (Fsp3) is 0.600. The minimum Gasteiger partial charge on any atom is -0.495 e. The predicted molar refractivity (Wildman–Crippen MR) is 48.1 cm³/mol. The molecule has 1 saturated heterocycles. The molecule has 0 radical (unpaired) electrons. The summed E-state index contributed by atoms with van der Waals surface area (Å²) >= 11 is 0. The second-order valence-corrected chi connectivity index (χ2v) is 3.58. The number of hydrogen-bond acceptors (Lipinski definition) is 3. The molecule has 1 heterocycles. The highest BCUT2D eigenvalue weighted by Gasteiger charge is 2.72. The first-order chi connectivity index (χ1) is 6.09. The van der Waals surface area contributed by atoms with Crippen molar-refractivity contribution in [3.05, 3.63) is 23.5 Å². The van der Waals surface area contributed by atoms with Crippen molar-refractivity contribution < 1.29 is 14.2 Å². The summed E-state index contributed by atoms with van der Waals surface area (Å²) < 4.78 is 16.3. The Morgan fingerprint density at radius 1 is 1.38 bits per heavy atom. The number of fused-ring (bicyclic) bond motifs is 1. The molecule has 2 rings (SSSR count). The van der Waals surface area contributed by atoms with E-state index in [9.17, 15) is 0 Å². The lowest BCUT2D eigenvalue weighted by molar-refractivity contribution is -0.0198. The Balaban J connectivity index is 2.45. The second-order valence-electron chi connectivity index (χ2n) is 3.58. The maximum Gasteiger partial charge on any atom is 0.262 e. The second kappa shape index (κ2) is 2.36. The van der Waals surface area contributed by atoms with E-state index in [1.807, 2.05) is 26.0 Å². The fourth-order valence-electron chi connectivity index (χ4n) is 1.94. The minimum absolute atomic E-state index is 0.341. The summed E-state index contributed by atoms with van der Waals surface area (Å²) in [5.41, 5.74) is 0.714. The van der Waals surface area contributed by atoms with Crippen LogP contribution >= 0.6 is 0 Å². The molecule has 1 fully saturated rings. The monoisotopic (exact) mass is 182 g/mol. The number of methoxy groups -OCH3 is 2. The van der Waals surface area contributed by atoms with Crippen LogP contribution in [0.5, 0.6) is 0 Å². The molecule has 0 saturated carbocycles. The first-order valence-electron chi connectivity index (χ1n) is 4.29. The molecule has 0 aromatic rings. The predicted octanol–water partition coefficient (Wildman–Crippen LogP) is 1.61. The van der Waals surface area contributed by atoms with Gasteiger partial charge in [-0.3, -0.25) is 0 Å². The van der Waals surface area contributed by atoms with E-state index in [2.05, 4.69) is 0 Å². The molecule has 2 unspecified atom stereocenters. The van der Waals surface area contributed by atoms with Crippen LogP contribution in [-0.4, -0.2) is 25.6 Å². The van der Waals surface area contributed by atoms with E-state index in [0.717, 1.165) is 11.3 Å². The topological polar surface area (TPSA) is 31.0 Å². The molecule has 0 bridgehead atoms. The molecular weight excluding hydrogens is 168 g/mol. The Hall–Kier alpha value is -0.800. The van der Waals surface area contributed by atoms with E-state index in [4.69, 9.17) is 14.2 Å². The van der Waals surface area contributed by atoms with Gasteiger partial charge in [0, 0.05) is 7.11 Å². The minimum atomic E-state index is -0.666. The van der Waals surface area contributed by atoms with Gasteiger partial charge in [0.2, 0.25) is 0 Å². The lowest BCUT2D eigenvalue weighted by Crippen LogP contribution is -2.30. The van der Waals surface area contributed by atoms with Gasteiger partial charge in [-0.1, -0.05) is 6.08 Å². The van der Waals surface area contributed by atoms with Crippen molar-refractivity contribution in [1.29, 1.82) is 0 Å². The van der Waals surface area contributed by atoms with Crippen LogP contribution in [0.1, 0.15) is 13.8 Å². The highest BCUT2D eigenvalue weighted by atomic mass is 16.8. The van der Waals surface area contributed by atoms with Gasteiger partial charge in [0.25, 0.3) is 5.79 Å². The fourth-order valence-corrected chi connectivity index (χ4v) is 1.94. The smallest absolute Gasteiger partial charge is 0.262 e. The summed E-state index contributed by atoms with van der Waals surface area (Å²) in [6.07, 6.45) is 4.01. The van der Waals surface area contributed by atoms with Crippen LogP contribution in [0.2, 0.25) is 0 Å². The van der Waals surface area contributed by atoms with Crippen molar-refractivity contribution in [2.45, 2.75) is 25.2 Å². The van der Waals surface area contributed by atoms with Crippen molar-refractivity contribution in [2.75, 3.05) is 14.2 Å². The molecule has 13 heavy (non-hydrogen) atoms. The summed E-state index contributed by atoms with van der Waals surface area (Å²) in [6, 6.07) is 0. The zero-order chi connectivity index (χ0) is 9.69. The average Bonchev–Trinajstić information content (AvgIpc) is 2.73. The van der Waals surface area contributed by atoms with Gasteiger partial charge in [-0.05, 0) is 25.5 Å². The molecule has 0 N–H and O–H groups in total. The molecular formula is C10H14O3. The number of hydrogen-bond donors (Lipinski definition) is 0. The van der Waals surface area contributed by atoms with Gasteiger partial charge < -0.3 is 14.2 Å². The molecule has 0 spiro atoms. The molecule has 2 aliphatic rings. The summed E-state index contributed by atoms with van der Waals surface area (Å²) in [6.45, 7) is 3.97. The Kier molecular flexibility index (Phi) is 1.60. The molecule has 3 nitrogen and oxygen atoms in total. The van der Waals surface area contributed by atoms with Gasteiger partial charge in [0.1, 0.15) is 5.60 Å². The van der Waals surface area contributed by atoms with Crippen molar-refractivity contribution in [3.63, 3.8) is 0 Å². The number of rotatable bonds is 2. The number of epoxide rings is 1. The standard InChI is InChI=1S/C10H14O3/c1-7-5-6-9(2)10(12-4,13-9)8(7)11-3/h5-6H,1-4H3. The number of ether oxygens (including phenoxy) is 3. The van der Waals surface area contributed by atoms with Gasteiger partial charge in [-0.15, -0.1) is 0 Å². The molecule has 3 heteroatoms. The van der Waals surface area contributed by atoms with E-state index in [1.165, 1.54) is 0 Å². The van der Waals surface area contributed by atoms with Crippen molar-refractivity contribution in [3.8, 4) is 0 Å². The first kappa shape index (κ1) is 8.78. The quantitative estimate of drug-likeness (QED) is 0.608. The molecule has 1 aliphatic heterocycles. The van der Waals surface area contributed by atoms with Crippen LogP contribution in [0.4, 0.5) is 0 Å². The third-order valence-electron chi connectivity index (χ3n) is 2.77. The SMILES string of the molecule is COC1=C(C)C=CC2(C)OC12OC. The summed E-state index contributed by atoms with van der Waals surface area (Å²) in [4.78, 5) is 0. The zero-order valence-corrected chi connectivity index (χ0v) is 8.38. The lowest BCUT2D eigenvalue weighted by Gasteiger charge is -2.20. The van der Waals surface area contributed by atoms with Crippen LogP contribution < -0.4 is 0 Å². The third-order valence-corrected chi connectivity index (χ3v) is 2.77. The van der Waals surface area contributed by atoms with Gasteiger partial charge >= 0.3 is 0 Å². The van der Waals surface area contributed by atoms with E-state index in [1.54, 1.807) is 14.2 Å². The van der Waals surface area contributed by atoms with Crippen molar-refractivity contribution in [1.82, 2.24) is 0 Å². The van der Waals surface area contributed by atoms with E-state index in [-0.39, 0.29) is 5.60 Å². The molecule has 2 atom stereocenters. The first-order valence-corrected chi connectivity index (χ1v) is 4.29. The van der Waals surface area contributed by atoms with Crippen LogP contribution in [0.25, 0.3) is 0 Å². The average molecular weight is 182 g/mol. The van der Waals surface area contributed by atoms with Gasteiger partial charge in [-0.2, -0.15) is 0 Å². The van der Waals surface area contributed by atoms with Gasteiger partial charge in [-0.25, -0.2) is 0 Å². The van der Waals surface area contributed by atoms with Crippen LogP contribution in [0, 0.1) is 0 Å². The summed E-state index contributed by atoms with van der Waals surface area (Å²) in [5, 5.41) is 0. The Labute approximate surface area is 78.0 Å². The maximum absolute atomic E-state index is 5.58.